The summed E-state index contributed by atoms with van der Waals surface area (Å²) in [5, 5.41) is 0. The molecule has 2 heteroatoms. The fraction of sp³-hybridized carbons (Fsp3) is 0.364. The molecule has 0 aliphatic rings. The lowest BCUT2D eigenvalue weighted by Gasteiger charge is -2.00. The first kappa shape index (κ1) is 10.3. The van der Waals surface area contributed by atoms with Gasteiger partial charge < -0.3 is 0 Å². The lowest BCUT2D eigenvalue weighted by Crippen LogP contribution is -1.87. The van der Waals surface area contributed by atoms with Crippen molar-refractivity contribution < 1.29 is 0 Å². The third kappa shape index (κ3) is 4.09. The Morgan fingerprint density at radius 2 is 2.46 bits per heavy atom. The van der Waals surface area contributed by atoms with E-state index in [2.05, 4.69) is 24.1 Å². The monoisotopic (exact) mass is 195 g/mol. The first-order chi connectivity index (χ1) is 6.33. The van der Waals surface area contributed by atoms with Gasteiger partial charge in [-0.1, -0.05) is 17.7 Å². The summed E-state index contributed by atoms with van der Waals surface area (Å²) in [4.78, 5) is 4.06. The Hall–Kier alpha value is -0.820. The first-order valence-electron chi connectivity index (χ1n) is 4.43. The van der Waals surface area contributed by atoms with Gasteiger partial charge in [0.15, 0.2) is 0 Å². The zero-order valence-electron chi connectivity index (χ0n) is 7.83. The standard InChI is InChI=1S/C11H14ClN/c1-10(4-2-6-12)8-11-5-3-7-13-9-11/h3-5,7,9H,2,6,8H2,1H3/b10-4-. The normalized spacial score (nSPS) is 11.7. The highest BCUT2D eigenvalue weighted by molar-refractivity contribution is 6.17. The van der Waals surface area contributed by atoms with Crippen molar-refractivity contribution in [3.63, 3.8) is 0 Å². The summed E-state index contributed by atoms with van der Waals surface area (Å²) in [5.74, 6) is 0.699. The van der Waals surface area contributed by atoms with Gasteiger partial charge in [0.2, 0.25) is 0 Å². The zero-order valence-corrected chi connectivity index (χ0v) is 8.59. The van der Waals surface area contributed by atoms with Crippen molar-refractivity contribution >= 4 is 11.6 Å². The molecular formula is C11H14ClN. The Labute approximate surface area is 84.5 Å². The second kappa shape index (κ2) is 5.76. The summed E-state index contributed by atoms with van der Waals surface area (Å²) >= 11 is 5.59. The van der Waals surface area contributed by atoms with Crippen LogP contribution in [0, 0.1) is 0 Å². The van der Waals surface area contributed by atoms with E-state index in [4.69, 9.17) is 11.6 Å². The van der Waals surface area contributed by atoms with Crippen LogP contribution in [-0.2, 0) is 6.42 Å². The number of nitrogens with zero attached hydrogens (tertiary/aromatic N) is 1. The molecule has 0 bridgehead atoms. The van der Waals surface area contributed by atoms with Gasteiger partial charge in [-0.25, -0.2) is 0 Å². The average Bonchev–Trinajstić information content (AvgIpc) is 2.16. The molecule has 0 atom stereocenters. The van der Waals surface area contributed by atoms with Gasteiger partial charge in [-0.15, -0.1) is 11.6 Å². The molecule has 1 heterocycles. The predicted molar refractivity (Wildman–Crippen MR) is 57.0 cm³/mol. The van der Waals surface area contributed by atoms with E-state index in [0.717, 1.165) is 12.8 Å². The van der Waals surface area contributed by atoms with Crippen LogP contribution in [-0.4, -0.2) is 10.9 Å². The molecule has 0 fully saturated rings. The molecule has 0 unspecified atom stereocenters. The van der Waals surface area contributed by atoms with Crippen molar-refractivity contribution in [3.05, 3.63) is 41.7 Å². The zero-order chi connectivity index (χ0) is 9.52. The Balaban J connectivity index is 2.50. The van der Waals surface area contributed by atoms with Crippen molar-refractivity contribution in [2.75, 3.05) is 5.88 Å². The fourth-order valence-electron chi connectivity index (χ4n) is 1.20. The third-order valence-corrected chi connectivity index (χ3v) is 2.03. The van der Waals surface area contributed by atoms with Gasteiger partial charge in [-0.3, -0.25) is 4.98 Å². The Kier molecular flexibility index (Phi) is 4.55. The number of rotatable bonds is 4. The predicted octanol–water partition coefficient (Wildman–Crippen LogP) is 3.20. The molecule has 1 nitrogen and oxygen atoms in total. The van der Waals surface area contributed by atoms with Gasteiger partial charge in [0.25, 0.3) is 0 Å². The van der Waals surface area contributed by atoms with Crippen molar-refractivity contribution in [2.45, 2.75) is 19.8 Å². The lowest BCUT2D eigenvalue weighted by atomic mass is 10.1. The molecule has 1 aromatic rings. The lowest BCUT2D eigenvalue weighted by molar-refractivity contribution is 1.07. The Morgan fingerprint density at radius 1 is 1.62 bits per heavy atom. The molecule has 0 N–H and O–H groups in total. The van der Waals surface area contributed by atoms with E-state index in [1.54, 1.807) is 6.20 Å². The molecule has 0 aliphatic heterocycles. The van der Waals surface area contributed by atoms with Crippen LogP contribution in [0.3, 0.4) is 0 Å². The Morgan fingerprint density at radius 3 is 3.08 bits per heavy atom. The summed E-state index contributed by atoms with van der Waals surface area (Å²) in [7, 11) is 0. The van der Waals surface area contributed by atoms with E-state index < -0.39 is 0 Å². The summed E-state index contributed by atoms with van der Waals surface area (Å²) in [5.41, 5.74) is 2.61. The highest BCUT2D eigenvalue weighted by Gasteiger charge is 1.93. The number of halogens is 1. The van der Waals surface area contributed by atoms with Gasteiger partial charge in [-0.05, 0) is 31.4 Å². The van der Waals surface area contributed by atoms with Gasteiger partial charge in [-0.2, -0.15) is 0 Å². The van der Waals surface area contributed by atoms with E-state index in [0.29, 0.717) is 5.88 Å². The van der Waals surface area contributed by atoms with Crippen molar-refractivity contribution in [2.24, 2.45) is 0 Å². The number of allylic oxidation sites excluding steroid dienone is 2. The van der Waals surface area contributed by atoms with E-state index >= 15 is 0 Å². The second-order valence-electron chi connectivity index (χ2n) is 3.07. The summed E-state index contributed by atoms with van der Waals surface area (Å²) in [6, 6.07) is 4.05. The highest BCUT2D eigenvalue weighted by atomic mass is 35.5. The van der Waals surface area contributed by atoms with Crippen LogP contribution in [0.2, 0.25) is 0 Å². The van der Waals surface area contributed by atoms with Gasteiger partial charge in [0, 0.05) is 18.3 Å². The minimum atomic E-state index is 0.699. The van der Waals surface area contributed by atoms with E-state index in [1.807, 2.05) is 12.3 Å². The van der Waals surface area contributed by atoms with Crippen LogP contribution in [0.5, 0.6) is 0 Å². The largest absolute Gasteiger partial charge is 0.264 e. The minimum absolute atomic E-state index is 0.699. The molecule has 13 heavy (non-hydrogen) atoms. The Bertz CT molecular complexity index is 267. The summed E-state index contributed by atoms with van der Waals surface area (Å²) in [6.45, 7) is 2.12. The van der Waals surface area contributed by atoms with Crippen molar-refractivity contribution in [1.29, 1.82) is 0 Å². The van der Waals surface area contributed by atoms with Gasteiger partial charge in [0.1, 0.15) is 0 Å². The molecule has 0 saturated heterocycles. The molecular weight excluding hydrogens is 182 g/mol. The van der Waals surface area contributed by atoms with Crippen LogP contribution < -0.4 is 0 Å². The first-order valence-corrected chi connectivity index (χ1v) is 4.97. The molecule has 1 rings (SSSR count). The molecule has 0 saturated carbocycles. The summed E-state index contributed by atoms with van der Waals surface area (Å²) < 4.78 is 0. The molecule has 0 radical (unpaired) electrons. The highest BCUT2D eigenvalue weighted by Crippen LogP contribution is 2.06. The number of aromatic nitrogens is 1. The van der Waals surface area contributed by atoms with Crippen LogP contribution in [0.15, 0.2) is 36.2 Å². The fourth-order valence-corrected chi connectivity index (χ4v) is 1.31. The van der Waals surface area contributed by atoms with E-state index in [-0.39, 0.29) is 0 Å². The molecule has 70 valence electrons. The summed E-state index contributed by atoms with van der Waals surface area (Å²) in [6.07, 6.45) is 7.80. The molecule has 0 amide bonds. The van der Waals surface area contributed by atoms with Crippen molar-refractivity contribution in [1.82, 2.24) is 4.98 Å². The number of pyridine rings is 1. The molecule has 1 aromatic heterocycles. The average molecular weight is 196 g/mol. The topological polar surface area (TPSA) is 12.9 Å². The van der Waals surface area contributed by atoms with Crippen LogP contribution in [0.1, 0.15) is 18.9 Å². The SMILES string of the molecule is C/C(=C/CCCl)Cc1cccnc1. The second-order valence-corrected chi connectivity index (χ2v) is 3.44. The van der Waals surface area contributed by atoms with Crippen LogP contribution >= 0.6 is 11.6 Å². The van der Waals surface area contributed by atoms with Crippen LogP contribution in [0.4, 0.5) is 0 Å². The third-order valence-electron chi connectivity index (χ3n) is 1.81. The minimum Gasteiger partial charge on any atom is -0.264 e. The van der Waals surface area contributed by atoms with E-state index in [9.17, 15) is 0 Å². The maximum Gasteiger partial charge on any atom is 0.0303 e. The van der Waals surface area contributed by atoms with Crippen LogP contribution in [0.25, 0.3) is 0 Å². The van der Waals surface area contributed by atoms with Crippen molar-refractivity contribution in [3.8, 4) is 0 Å². The maximum atomic E-state index is 5.59. The number of hydrogen-bond donors (Lipinski definition) is 0. The number of alkyl halides is 1. The smallest absolute Gasteiger partial charge is 0.0303 e. The van der Waals surface area contributed by atoms with E-state index in [1.165, 1.54) is 11.1 Å². The number of hydrogen-bond acceptors (Lipinski definition) is 1. The maximum absolute atomic E-state index is 5.59. The van der Waals surface area contributed by atoms with Gasteiger partial charge in [0.05, 0.1) is 0 Å². The molecule has 0 aliphatic carbocycles. The molecule has 0 aromatic carbocycles. The van der Waals surface area contributed by atoms with Gasteiger partial charge >= 0.3 is 0 Å². The quantitative estimate of drug-likeness (QED) is 0.531. The molecule has 0 spiro atoms.